The van der Waals surface area contributed by atoms with Crippen molar-refractivity contribution in [3.05, 3.63) is 38.3 Å². The van der Waals surface area contributed by atoms with E-state index in [2.05, 4.69) is 36.5 Å². The van der Waals surface area contributed by atoms with E-state index in [-0.39, 0.29) is 11.6 Å². The molecule has 4 rings (SSSR count). The third-order valence-corrected chi connectivity index (χ3v) is 6.52. The zero-order chi connectivity index (χ0) is 16.2. The van der Waals surface area contributed by atoms with Crippen LogP contribution in [0.2, 0.25) is 4.34 Å². The summed E-state index contributed by atoms with van der Waals surface area (Å²) in [6, 6.07) is 2.78. The molecular weight excluding hydrogens is 330 g/mol. The third kappa shape index (κ3) is 2.64. The maximum atomic E-state index is 6.40. The van der Waals surface area contributed by atoms with Crippen LogP contribution in [-0.2, 0) is 23.8 Å². The molecule has 2 aliphatic rings. The van der Waals surface area contributed by atoms with Gasteiger partial charge in [-0.15, -0.1) is 11.3 Å². The number of piperidine rings is 1. The number of fused-ring (bicyclic) bond motifs is 2. The van der Waals surface area contributed by atoms with Gasteiger partial charge in [0.2, 0.25) is 0 Å². The van der Waals surface area contributed by atoms with Gasteiger partial charge in [0.05, 0.1) is 16.6 Å². The molecule has 2 aromatic heterocycles. The van der Waals surface area contributed by atoms with Gasteiger partial charge >= 0.3 is 0 Å². The summed E-state index contributed by atoms with van der Waals surface area (Å²) in [6.45, 7) is 5.11. The SMILES string of the molecule is Cc1nn(C)cc1C1CC2(CC(C)N1)OCCc1cc(Cl)sc12. The summed E-state index contributed by atoms with van der Waals surface area (Å²) in [5.41, 5.74) is 3.54. The van der Waals surface area contributed by atoms with Crippen molar-refractivity contribution in [2.45, 2.75) is 50.8 Å². The molecule has 2 aromatic rings. The van der Waals surface area contributed by atoms with Crippen molar-refractivity contribution in [1.29, 1.82) is 0 Å². The third-order valence-electron chi connectivity index (χ3n) is 5.02. The molecule has 6 heteroatoms. The number of hydrogen-bond acceptors (Lipinski definition) is 4. The van der Waals surface area contributed by atoms with Crippen LogP contribution in [-0.4, -0.2) is 22.4 Å². The number of ether oxygens (including phenoxy) is 1. The molecule has 1 fully saturated rings. The molecule has 2 aliphatic heterocycles. The van der Waals surface area contributed by atoms with Crippen molar-refractivity contribution in [2.75, 3.05) is 6.61 Å². The van der Waals surface area contributed by atoms with Gasteiger partial charge in [-0.3, -0.25) is 4.68 Å². The van der Waals surface area contributed by atoms with E-state index in [0.29, 0.717) is 6.04 Å². The van der Waals surface area contributed by atoms with E-state index in [9.17, 15) is 0 Å². The van der Waals surface area contributed by atoms with E-state index in [1.807, 2.05) is 11.7 Å². The fourth-order valence-corrected chi connectivity index (χ4v) is 5.68. The second-order valence-electron chi connectivity index (χ2n) is 6.87. The summed E-state index contributed by atoms with van der Waals surface area (Å²) >= 11 is 8.00. The average Bonchev–Trinajstić information content (AvgIpc) is 3.01. The van der Waals surface area contributed by atoms with Crippen LogP contribution in [0.3, 0.4) is 0 Å². The van der Waals surface area contributed by atoms with Gasteiger partial charge in [-0.1, -0.05) is 11.6 Å². The van der Waals surface area contributed by atoms with E-state index in [0.717, 1.165) is 35.9 Å². The van der Waals surface area contributed by atoms with E-state index < -0.39 is 0 Å². The average molecular weight is 352 g/mol. The standard InChI is InChI=1S/C17H22ClN3OS/c1-10-7-17(16-12(4-5-22-17)6-15(18)23-16)8-14(19-10)13-9-21(3)20-11(13)2/h6,9-10,14,19H,4-5,7-8H2,1-3H3. The predicted octanol–water partition coefficient (Wildman–Crippen LogP) is 3.72. The highest BCUT2D eigenvalue weighted by Gasteiger charge is 2.46. The van der Waals surface area contributed by atoms with E-state index in [4.69, 9.17) is 16.3 Å². The number of halogens is 1. The minimum absolute atomic E-state index is 0.205. The number of aromatic nitrogens is 2. The Morgan fingerprint density at radius 2 is 2.30 bits per heavy atom. The van der Waals surface area contributed by atoms with Crippen molar-refractivity contribution < 1.29 is 4.74 Å². The van der Waals surface area contributed by atoms with Crippen LogP contribution in [0.5, 0.6) is 0 Å². The largest absolute Gasteiger partial charge is 0.369 e. The highest BCUT2D eigenvalue weighted by Crippen LogP contribution is 2.50. The Kier molecular flexibility index (Phi) is 3.80. The Hall–Kier alpha value is -0.880. The molecule has 0 aliphatic carbocycles. The first-order chi connectivity index (χ1) is 11.0. The molecule has 1 spiro atoms. The van der Waals surface area contributed by atoms with E-state index in [1.54, 1.807) is 11.3 Å². The molecule has 4 heterocycles. The maximum absolute atomic E-state index is 6.40. The van der Waals surface area contributed by atoms with Gasteiger partial charge < -0.3 is 10.1 Å². The highest BCUT2D eigenvalue weighted by atomic mass is 35.5. The first kappa shape index (κ1) is 15.6. The molecule has 0 aromatic carbocycles. The molecule has 124 valence electrons. The molecule has 3 atom stereocenters. The zero-order valence-corrected chi connectivity index (χ0v) is 15.3. The number of nitrogens with zero attached hydrogens (tertiary/aromatic N) is 2. The van der Waals surface area contributed by atoms with Gasteiger partial charge in [0, 0.05) is 42.2 Å². The normalized spacial score (nSPS) is 30.6. The fraction of sp³-hybridized carbons (Fsp3) is 0.588. The van der Waals surface area contributed by atoms with Gasteiger partial charge in [0.15, 0.2) is 0 Å². The molecule has 0 radical (unpaired) electrons. The summed E-state index contributed by atoms with van der Waals surface area (Å²) in [5, 5.41) is 8.24. The lowest BCUT2D eigenvalue weighted by Gasteiger charge is -2.46. The summed E-state index contributed by atoms with van der Waals surface area (Å²) in [6.07, 6.45) is 5.03. The van der Waals surface area contributed by atoms with Crippen LogP contribution in [0.15, 0.2) is 12.3 Å². The summed E-state index contributed by atoms with van der Waals surface area (Å²) in [5.74, 6) is 0. The van der Waals surface area contributed by atoms with Crippen LogP contribution < -0.4 is 5.32 Å². The summed E-state index contributed by atoms with van der Waals surface area (Å²) in [4.78, 5) is 1.34. The van der Waals surface area contributed by atoms with Gasteiger partial charge in [-0.2, -0.15) is 5.10 Å². The first-order valence-corrected chi connectivity index (χ1v) is 9.35. The van der Waals surface area contributed by atoms with Crippen molar-refractivity contribution in [2.24, 2.45) is 7.05 Å². The number of rotatable bonds is 1. The number of hydrogen-bond donors (Lipinski definition) is 1. The van der Waals surface area contributed by atoms with Gasteiger partial charge in [0.25, 0.3) is 0 Å². The van der Waals surface area contributed by atoms with Crippen LogP contribution in [0, 0.1) is 6.92 Å². The molecular formula is C17H22ClN3OS. The monoisotopic (exact) mass is 351 g/mol. The summed E-state index contributed by atoms with van der Waals surface area (Å²) < 4.78 is 9.17. The molecule has 3 unspecified atom stereocenters. The highest BCUT2D eigenvalue weighted by molar-refractivity contribution is 7.16. The molecule has 0 bridgehead atoms. The number of aryl methyl sites for hydroxylation is 2. The van der Waals surface area contributed by atoms with E-state index >= 15 is 0 Å². The van der Waals surface area contributed by atoms with Crippen LogP contribution in [0.25, 0.3) is 0 Å². The first-order valence-electron chi connectivity index (χ1n) is 8.16. The molecule has 4 nitrogen and oxygen atoms in total. The number of nitrogens with one attached hydrogen (secondary N) is 1. The molecule has 0 saturated carbocycles. The minimum atomic E-state index is -0.205. The minimum Gasteiger partial charge on any atom is -0.369 e. The van der Waals surface area contributed by atoms with E-state index in [1.165, 1.54) is 16.0 Å². The quantitative estimate of drug-likeness (QED) is 0.851. The van der Waals surface area contributed by atoms with Gasteiger partial charge in [0.1, 0.15) is 5.60 Å². The molecule has 23 heavy (non-hydrogen) atoms. The second kappa shape index (κ2) is 5.59. The van der Waals surface area contributed by atoms with Crippen molar-refractivity contribution in [1.82, 2.24) is 15.1 Å². The second-order valence-corrected chi connectivity index (χ2v) is 8.55. The Balaban J connectivity index is 1.74. The van der Waals surface area contributed by atoms with Crippen LogP contribution in [0.1, 0.15) is 47.5 Å². The Morgan fingerprint density at radius 1 is 1.48 bits per heavy atom. The van der Waals surface area contributed by atoms with Gasteiger partial charge in [-0.25, -0.2) is 0 Å². The molecule has 1 saturated heterocycles. The fourth-order valence-electron chi connectivity index (χ4n) is 4.22. The van der Waals surface area contributed by atoms with Crippen molar-refractivity contribution in [3.63, 3.8) is 0 Å². The lowest BCUT2D eigenvalue weighted by Crippen LogP contribution is -2.49. The predicted molar refractivity (Wildman–Crippen MR) is 93.2 cm³/mol. The Labute approximate surface area is 145 Å². The number of thiophene rings is 1. The van der Waals surface area contributed by atoms with Gasteiger partial charge in [-0.05, 0) is 38.3 Å². The topological polar surface area (TPSA) is 39.1 Å². The lowest BCUT2D eigenvalue weighted by atomic mass is 9.78. The van der Waals surface area contributed by atoms with Crippen molar-refractivity contribution in [3.8, 4) is 0 Å². The summed E-state index contributed by atoms with van der Waals surface area (Å²) in [7, 11) is 1.98. The zero-order valence-electron chi connectivity index (χ0n) is 13.7. The smallest absolute Gasteiger partial charge is 0.106 e. The molecule has 1 N–H and O–H groups in total. The molecule has 0 amide bonds. The maximum Gasteiger partial charge on any atom is 0.106 e. The van der Waals surface area contributed by atoms with Crippen LogP contribution >= 0.6 is 22.9 Å². The van der Waals surface area contributed by atoms with Crippen LogP contribution in [0.4, 0.5) is 0 Å². The Morgan fingerprint density at radius 3 is 3.04 bits per heavy atom. The Bertz CT molecular complexity index is 740. The lowest BCUT2D eigenvalue weighted by molar-refractivity contribution is -0.0954. The van der Waals surface area contributed by atoms with Crippen molar-refractivity contribution >= 4 is 22.9 Å².